The van der Waals surface area contributed by atoms with Crippen molar-refractivity contribution >= 4 is 22.8 Å². The van der Waals surface area contributed by atoms with Gasteiger partial charge in [0.15, 0.2) is 5.82 Å². The Labute approximate surface area is 136 Å². The van der Waals surface area contributed by atoms with E-state index in [2.05, 4.69) is 49.0 Å². The summed E-state index contributed by atoms with van der Waals surface area (Å²) >= 11 is 0. The minimum Gasteiger partial charge on any atom is -0.333 e. The molecule has 2 heterocycles. The van der Waals surface area contributed by atoms with E-state index in [9.17, 15) is 9.18 Å². The second kappa shape index (κ2) is 6.91. The first kappa shape index (κ1) is 15.7. The van der Waals surface area contributed by atoms with Crippen LogP contribution in [0.5, 0.6) is 0 Å². The van der Waals surface area contributed by atoms with Gasteiger partial charge in [-0.15, -0.1) is 0 Å². The molecule has 3 aromatic rings. The van der Waals surface area contributed by atoms with Gasteiger partial charge in [-0.05, 0) is 34.9 Å². The predicted molar refractivity (Wildman–Crippen MR) is 86.3 cm³/mol. The monoisotopic (exact) mass is 327 g/mol. The first-order valence-corrected chi connectivity index (χ1v) is 7.45. The fourth-order valence-electron chi connectivity index (χ4n) is 2.00. The van der Waals surface area contributed by atoms with Crippen molar-refractivity contribution in [2.75, 3.05) is 5.32 Å². The molecule has 0 unspecified atom stereocenters. The van der Waals surface area contributed by atoms with Crippen molar-refractivity contribution in [2.24, 2.45) is 0 Å². The van der Waals surface area contributed by atoms with Crippen molar-refractivity contribution in [1.29, 1.82) is 0 Å². The summed E-state index contributed by atoms with van der Waals surface area (Å²) in [6.07, 6.45) is 2.87. The third kappa shape index (κ3) is 3.41. The van der Waals surface area contributed by atoms with Gasteiger partial charge in [0.05, 0.1) is 5.69 Å². The largest absolute Gasteiger partial charge is 0.333 e. The van der Waals surface area contributed by atoms with Crippen molar-refractivity contribution in [3.63, 3.8) is 0 Å². The van der Waals surface area contributed by atoms with Gasteiger partial charge in [0.25, 0.3) is 5.56 Å². The summed E-state index contributed by atoms with van der Waals surface area (Å²) < 4.78 is 18.6. The molecule has 2 aromatic heterocycles. The maximum absolute atomic E-state index is 14.2. The van der Waals surface area contributed by atoms with Crippen molar-refractivity contribution in [2.45, 2.75) is 26.2 Å². The molecule has 0 bridgehead atoms. The van der Waals surface area contributed by atoms with Crippen LogP contribution in [0.2, 0.25) is 0 Å². The van der Waals surface area contributed by atoms with E-state index in [1.54, 1.807) is 6.07 Å². The molecule has 0 spiro atoms. The number of aromatic nitrogens is 4. The quantitative estimate of drug-likeness (QED) is 0.565. The van der Waals surface area contributed by atoms with Crippen molar-refractivity contribution in [3.05, 3.63) is 39.9 Å². The fraction of sp³-hybridized carbons (Fsp3) is 0.250. The Kier molecular flexibility index (Phi) is 4.52. The van der Waals surface area contributed by atoms with Crippen LogP contribution in [0.4, 0.5) is 15.9 Å². The van der Waals surface area contributed by atoms with Crippen LogP contribution in [-0.4, -0.2) is 20.3 Å². The highest BCUT2D eigenvalue weighted by Gasteiger charge is 2.11. The Bertz CT molecular complexity index is 983. The molecule has 0 amide bonds. The van der Waals surface area contributed by atoms with E-state index in [1.165, 1.54) is 12.1 Å². The molecule has 0 saturated carbocycles. The number of hydrogen-bond donors (Lipinski definition) is 2. The molecule has 2 N–H and O–H groups in total. The van der Waals surface area contributed by atoms with E-state index in [0.717, 1.165) is 19.3 Å². The molecule has 0 radical (unpaired) electrons. The zero-order valence-electron chi connectivity index (χ0n) is 12.9. The molecule has 7 nitrogen and oxygen atoms in total. The highest BCUT2D eigenvalue weighted by molar-refractivity contribution is 5.67. The van der Waals surface area contributed by atoms with Gasteiger partial charge >= 0.3 is 0 Å². The van der Waals surface area contributed by atoms with Crippen LogP contribution in [0.25, 0.3) is 11.3 Å². The molecular formula is C16H14FN5O2. The van der Waals surface area contributed by atoms with E-state index in [-0.39, 0.29) is 22.8 Å². The van der Waals surface area contributed by atoms with Crippen LogP contribution >= 0.6 is 0 Å². The Hall–Kier alpha value is -3.21. The third-order valence-electron chi connectivity index (χ3n) is 3.25. The van der Waals surface area contributed by atoms with Gasteiger partial charge in [0.2, 0.25) is 11.3 Å². The molecule has 0 saturated heterocycles. The van der Waals surface area contributed by atoms with Crippen LogP contribution in [0.1, 0.15) is 31.7 Å². The number of nitrogens with zero attached hydrogens (tertiary/aromatic N) is 3. The lowest BCUT2D eigenvalue weighted by atomic mass is 10.2. The minimum absolute atomic E-state index is 0.0983. The zero-order chi connectivity index (χ0) is 16.9. The van der Waals surface area contributed by atoms with Gasteiger partial charge in [-0.25, -0.2) is 9.02 Å². The van der Waals surface area contributed by atoms with E-state index in [1.807, 2.05) is 0 Å². The van der Waals surface area contributed by atoms with Crippen LogP contribution < -0.4 is 10.9 Å². The molecule has 8 heteroatoms. The number of hydrogen-bond acceptors (Lipinski definition) is 6. The van der Waals surface area contributed by atoms with Crippen molar-refractivity contribution in [3.8, 4) is 11.8 Å². The maximum atomic E-state index is 14.2. The summed E-state index contributed by atoms with van der Waals surface area (Å²) in [7, 11) is 0. The summed E-state index contributed by atoms with van der Waals surface area (Å²) in [5.41, 5.74) is 0.385. The molecule has 24 heavy (non-hydrogen) atoms. The first-order chi connectivity index (χ1) is 11.7. The molecule has 1 aromatic carbocycles. The Balaban J connectivity index is 1.82. The van der Waals surface area contributed by atoms with Gasteiger partial charge < -0.3 is 5.32 Å². The molecule has 0 aliphatic carbocycles. The SMILES string of the molecule is CCCCC#Cc1ccc(Nc2nc3nonc3[nH]c2=O)c(F)c1. The van der Waals surface area contributed by atoms with E-state index in [4.69, 9.17) is 0 Å². The number of unbranched alkanes of at least 4 members (excludes halogenated alkanes) is 2. The molecule has 0 fully saturated rings. The van der Waals surface area contributed by atoms with Gasteiger partial charge in [-0.3, -0.25) is 9.78 Å². The maximum Gasteiger partial charge on any atom is 0.292 e. The van der Waals surface area contributed by atoms with Gasteiger partial charge in [0.1, 0.15) is 5.82 Å². The van der Waals surface area contributed by atoms with Gasteiger partial charge in [-0.1, -0.05) is 25.2 Å². The molecule has 3 rings (SSSR count). The Morgan fingerprint density at radius 2 is 2.25 bits per heavy atom. The van der Waals surface area contributed by atoms with Crippen LogP contribution in [-0.2, 0) is 0 Å². The van der Waals surface area contributed by atoms with E-state index < -0.39 is 11.4 Å². The van der Waals surface area contributed by atoms with Crippen LogP contribution in [0, 0.1) is 17.7 Å². The average Bonchev–Trinajstić information content (AvgIpc) is 3.01. The average molecular weight is 327 g/mol. The number of anilines is 2. The van der Waals surface area contributed by atoms with Crippen LogP contribution in [0.15, 0.2) is 27.6 Å². The van der Waals surface area contributed by atoms with E-state index >= 15 is 0 Å². The van der Waals surface area contributed by atoms with Gasteiger partial charge in [0, 0.05) is 12.0 Å². The summed E-state index contributed by atoms with van der Waals surface area (Å²) in [5, 5.41) is 9.64. The number of nitrogens with one attached hydrogen (secondary N) is 2. The lowest BCUT2D eigenvalue weighted by Crippen LogP contribution is -2.14. The topological polar surface area (TPSA) is 96.7 Å². The Morgan fingerprint density at radius 3 is 3.04 bits per heavy atom. The standard InChI is InChI=1S/C16H14FN5O2/c1-2-3-4-5-6-10-7-8-12(11(17)9-10)18-15-16(23)20-14-13(19-15)21-24-22-14/h7-9H,2-4H2,1H3,(H,18,19,21)(H,20,22,23). The highest BCUT2D eigenvalue weighted by Crippen LogP contribution is 2.18. The summed E-state index contributed by atoms with van der Waals surface area (Å²) in [4.78, 5) is 18.3. The van der Waals surface area contributed by atoms with Crippen LogP contribution in [0.3, 0.4) is 0 Å². The molecule has 0 aliphatic rings. The normalized spacial score (nSPS) is 10.4. The summed E-state index contributed by atoms with van der Waals surface area (Å²) in [6.45, 7) is 2.09. The third-order valence-corrected chi connectivity index (χ3v) is 3.25. The second-order valence-electron chi connectivity index (χ2n) is 5.08. The van der Waals surface area contributed by atoms with Gasteiger partial charge in [-0.2, -0.15) is 4.98 Å². The molecule has 0 atom stereocenters. The first-order valence-electron chi connectivity index (χ1n) is 7.45. The Morgan fingerprint density at radius 1 is 1.38 bits per heavy atom. The van der Waals surface area contributed by atoms with Crippen molar-refractivity contribution in [1.82, 2.24) is 20.3 Å². The number of rotatable bonds is 4. The van der Waals surface area contributed by atoms with E-state index in [0.29, 0.717) is 5.56 Å². The lowest BCUT2D eigenvalue weighted by molar-refractivity contribution is 0.314. The smallest absolute Gasteiger partial charge is 0.292 e. The number of halogens is 1. The predicted octanol–water partition coefficient (Wildman–Crippen LogP) is 2.73. The number of H-pyrrole nitrogens is 1. The number of benzene rings is 1. The minimum atomic E-state index is -0.555. The molecular weight excluding hydrogens is 313 g/mol. The highest BCUT2D eigenvalue weighted by atomic mass is 19.1. The lowest BCUT2D eigenvalue weighted by Gasteiger charge is -2.05. The van der Waals surface area contributed by atoms with Crippen molar-refractivity contribution < 1.29 is 9.02 Å². The zero-order valence-corrected chi connectivity index (χ0v) is 12.9. The second-order valence-corrected chi connectivity index (χ2v) is 5.08. The number of fused-ring (bicyclic) bond motifs is 1. The molecule has 122 valence electrons. The molecule has 0 aliphatic heterocycles. The fourth-order valence-corrected chi connectivity index (χ4v) is 2.00. The summed E-state index contributed by atoms with van der Waals surface area (Å²) in [5.74, 6) is 5.28. The number of aromatic amines is 1. The summed E-state index contributed by atoms with van der Waals surface area (Å²) in [6, 6.07) is 4.49.